The summed E-state index contributed by atoms with van der Waals surface area (Å²) in [6.45, 7) is -0.656. The molecule has 0 aliphatic carbocycles. The number of non-ortho nitro benzene ring substituents is 1. The zero-order chi connectivity index (χ0) is 19.4. The molecule has 0 unspecified atom stereocenters. The molecule has 0 heterocycles. The van der Waals surface area contributed by atoms with Crippen LogP contribution in [0.15, 0.2) is 75.4 Å². The number of nitro benzene ring substituents is 1. The van der Waals surface area contributed by atoms with E-state index in [4.69, 9.17) is 5.11 Å². The van der Waals surface area contributed by atoms with Crippen LogP contribution in [-0.4, -0.2) is 39.2 Å². The Morgan fingerprint density at radius 3 is 2.04 bits per heavy atom. The minimum Gasteiger partial charge on any atom is -0.392 e. The van der Waals surface area contributed by atoms with Crippen molar-refractivity contribution in [2.45, 2.75) is 9.79 Å². The number of hydrogen-bond acceptors (Lipinski definition) is 7. The van der Waals surface area contributed by atoms with E-state index < -0.39 is 41.9 Å². The van der Waals surface area contributed by atoms with Crippen LogP contribution in [0.3, 0.4) is 0 Å². The topological polar surface area (TPSA) is 132 Å². The van der Waals surface area contributed by atoms with E-state index in [2.05, 4.69) is 0 Å². The Kier molecular flexibility index (Phi) is 5.90. The summed E-state index contributed by atoms with van der Waals surface area (Å²) in [6, 6.07) is 11.4. The largest absolute Gasteiger partial charge is 0.392 e. The highest BCUT2D eigenvalue weighted by Gasteiger charge is 2.27. The normalized spacial score (nSPS) is 12.7. The van der Waals surface area contributed by atoms with Gasteiger partial charge >= 0.3 is 0 Å². The number of rotatable bonds is 7. The second-order valence-electron chi connectivity index (χ2n) is 5.18. The smallest absolute Gasteiger partial charge is 0.269 e. The van der Waals surface area contributed by atoms with Crippen LogP contribution in [0, 0.1) is 10.1 Å². The summed E-state index contributed by atoms with van der Waals surface area (Å²) in [5, 5.41) is 19.8. The van der Waals surface area contributed by atoms with Gasteiger partial charge < -0.3 is 5.11 Å². The van der Waals surface area contributed by atoms with E-state index in [9.17, 15) is 26.9 Å². The zero-order valence-electron chi connectivity index (χ0n) is 13.3. The van der Waals surface area contributed by atoms with Gasteiger partial charge in [-0.05, 0) is 30.3 Å². The highest BCUT2D eigenvalue weighted by atomic mass is 32.2. The fourth-order valence-electron chi connectivity index (χ4n) is 2.14. The molecule has 1 N–H and O–H groups in total. The van der Waals surface area contributed by atoms with Gasteiger partial charge in [-0.15, -0.1) is 0 Å². The summed E-state index contributed by atoms with van der Waals surface area (Å²) in [5.74, 6) is -0.872. The summed E-state index contributed by atoms with van der Waals surface area (Å²) >= 11 is 0. The molecule has 0 aliphatic heterocycles. The molecule has 0 bridgehead atoms. The Morgan fingerprint density at radius 1 is 0.962 bits per heavy atom. The van der Waals surface area contributed by atoms with E-state index in [0.29, 0.717) is 0 Å². The van der Waals surface area contributed by atoms with Crippen molar-refractivity contribution in [2.24, 2.45) is 0 Å². The van der Waals surface area contributed by atoms with Crippen LogP contribution < -0.4 is 0 Å². The van der Waals surface area contributed by atoms with Crippen molar-refractivity contribution in [3.8, 4) is 0 Å². The van der Waals surface area contributed by atoms with E-state index in [1.165, 1.54) is 24.3 Å². The molecule has 8 nitrogen and oxygen atoms in total. The summed E-state index contributed by atoms with van der Waals surface area (Å²) in [6.07, 6.45) is 0.922. The van der Waals surface area contributed by atoms with Gasteiger partial charge in [0.25, 0.3) is 5.69 Å². The molecule has 0 spiro atoms. The Bertz CT molecular complexity index is 1030. The van der Waals surface area contributed by atoms with Crippen LogP contribution in [0.1, 0.15) is 0 Å². The van der Waals surface area contributed by atoms with Crippen LogP contribution in [0.25, 0.3) is 0 Å². The van der Waals surface area contributed by atoms with Crippen molar-refractivity contribution in [3.63, 3.8) is 0 Å². The molecule has 0 amide bonds. The van der Waals surface area contributed by atoms with Crippen molar-refractivity contribution < 1.29 is 26.9 Å². The van der Waals surface area contributed by atoms with Gasteiger partial charge in [-0.2, -0.15) is 0 Å². The molecular formula is C16H15NO7S2. The number of nitrogens with zero attached hydrogens (tertiary/aromatic N) is 1. The Balaban J connectivity index is 2.41. The monoisotopic (exact) mass is 397 g/mol. The lowest BCUT2D eigenvalue weighted by Gasteiger charge is -2.10. The Morgan fingerprint density at radius 2 is 1.54 bits per heavy atom. The molecule has 0 saturated heterocycles. The molecule has 2 aromatic carbocycles. The fraction of sp³-hybridized carbons (Fsp3) is 0.125. The number of aliphatic hydroxyl groups is 1. The number of aliphatic hydroxyl groups excluding tert-OH is 1. The second-order valence-corrected chi connectivity index (χ2v) is 9.17. The van der Waals surface area contributed by atoms with Gasteiger partial charge in [-0.1, -0.05) is 18.2 Å². The van der Waals surface area contributed by atoms with E-state index in [1.807, 2.05) is 0 Å². The van der Waals surface area contributed by atoms with E-state index in [-0.39, 0.29) is 15.5 Å². The number of hydrogen-bond donors (Lipinski definition) is 1. The summed E-state index contributed by atoms with van der Waals surface area (Å²) in [4.78, 5) is 9.16. The summed E-state index contributed by atoms with van der Waals surface area (Å²) < 4.78 is 50.3. The van der Waals surface area contributed by atoms with Crippen LogP contribution in [0.2, 0.25) is 0 Å². The molecule has 0 aliphatic rings. The summed E-state index contributed by atoms with van der Waals surface area (Å²) in [7, 11) is -8.21. The third-order valence-corrected chi connectivity index (χ3v) is 7.21. The first-order valence-electron chi connectivity index (χ1n) is 7.26. The molecule has 2 aromatic rings. The minimum atomic E-state index is -4.11. The van der Waals surface area contributed by atoms with Crippen LogP contribution in [0.4, 0.5) is 5.69 Å². The van der Waals surface area contributed by atoms with E-state index in [1.54, 1.807) is 6.07 Å². The van der Waals surface area contributed by atoms with Gasteiger partial charge in [0.15, 0.2) is 9.84 Å². The predicted molar refractivity (Wildman–Crippen MR) is 93.9 cm³/mol. The SMILES string of the molecule is O=[N+]([O-])c1ccc(S(=O)(=O)CC(=CCO)S(=O)(=O)c2ccccc2)cc1. The Labute approximate surface area is 150 Å². The summed E-state index contributed by atoms with van der Waals surface area (Å²) in [5.41, 5.74) is -0.285. The average molecular weight is 397 g/mol. The molecule has 0 saturated carbocycles. The van der Waals surface area contributed by atoms with Crippen molar-refractivity contribution >= 4 is 25.4 Å². The molecule has 0 aromatic heterocycles. The van der Waals surface area contributed by atoms with E-state index in [0.717, 1.165) is 30.3 Å². The molecule has 0 radical (unpaired) electrons. The van der Waals surface area contributed by atoms with Crippen LogP contribution in [-0.2, 0) is 19.7 Å². The molecule has 0 atom stereocenters. The number of nitro groups is 1. The maximum Gasteiger partial charge on any atom is 0.269 e. The average Bonchev–Trinajstić information content (AvgIpc) is 2.62. The quantitative estimate of drug-likeness (QED) is 0.556. The Hall–Kier alpha value is -2.56. The van der Waals surface area contributed by atoms with Crippen molar-refractivity contribution in [1.29, 1.82) is 0 Å². The van der Waals surface area contributed by atoms with Gasteiger partial charge in [0.1, 0.15) is 0 Å². The molecule has 10 heteroatoms. The van der Waals surface area contributed by atoms with Crippen LogP contribution in [0.5, 0.6) is 0 Å². The third kappa shape index (κ3) is 4.34. The van der Waals surface area contributed by atoms with Gasteiger partial charge in [0.05, 0.1) is 32.0 Å². The standard InChI is InChI=1S/C16H15NO7S2/c18-11-10-16(26(23,24)15-4-2-1-3-5-15)12-25(21,22)14-8-6-13(7-9-14)17(19)20/h1-10,18H,11-12H2. The van der Waals surface area contributed by atoms with Crippen molar-refractivity contribution in [3.05, 3.63) is 75.7 Å². The highest BCUT2D eigenvalue weighted by molar-refractivity contribution is 7.98. The van der Waals surface area contributed by atoms with Crippen molar-refractivity contribution in [2.75, 3.05) is 12.4 Å². The lowest BCUT2D eigenvalue weighted by atomic mass is 10.3. The van der Waals surface area contributed by atoms with E-state index >= 15 is 0 Å². The molecular weight excluding hydrogens is 382 g/mol. The predicted octanol–water partition coefficient (Wildman–Crippen LogP) is 1.72. The maximum absolute atomic E-state index is 12.6. The second kappa shape index (κ2) is 7.77. The first-order valence-corrected chi connectivity index (χ1v) is 10.4. The zero-order valence-corrected chi connectivity index (χ0v) is 15.0. The highest BCUT2D eigenvalue weighted by Crippen LogP contribution is 2.24. The minimum absolute atomic E-state index is 0.0985. The van der Waals surface area contributed by atoms with Gasteiger partial charge in [0, 0.05) is 12.1 Å². The van der Waals surface area contributed by atoms with Crippen molar-refractivity contribution in [1.82, 2.24) is 0 Å². The molecule has 2 rings (SSSR count). The third-order valence-electron chi connectivity index (χ3n) is 3.46. The molecule has 0 fully saturated rings. The first kappa shape index (κ1) is 19.8. The van der Waals surface area contributed by atoms with Gasteiger partial charge in [-0.3, -0.25) is 10.1 Å². The first-order chi connectivity index (χ1) is 12.2. The van der Waals surface area contributed by atoms with Gasteiger partial charge in [-0.25, -0.2) is 16.8 Å². The number of benzene rings is 2. The molecule has 26 heavy (non-hydrogen) atoms. The number of sulfone groups is 2. The van der Waals surface area contributed by atoms with Gasteiger partial charge in [0.2, 0.25) is 9.84 Å². The fourth-order valence-corrected chi connectivity index (χ4v) is 5.55. The molecule has 138 valence electrons. The lowest BCUT2D eigenvalue weighted by molar-refractivity contribution is -0.384. The van der Waals surface area contributed by atoms with Crippen LogP contribution >= 0.6 is 0 Å². The maximum atomic E-state index is 12.6. The lowest BCUT2D eigenvalue weighted by Crippen LogP contribution is -2.16.